The predicted octanol–water partition coefficient (Wildman–Crippen LogP) is 3.48. The Kier molecular flexibility index (Phi) is 5.70. The monoisotopic (exact) mass is 473 g/mol. The molecular weight excluding hydrogens is 457 g/mol. The SMILES string of the molecule is CS(=O)(=O)NC(=O)c1c(C2=CC=CCC2=O)c2cc(Cl)ccc2n1Cc1ccncc1F. The van der Waals surface area contributed by atoms with E-state index in [2.05, 4.69) is 4.98 Å². The second kappa shape index (κ2) is 8.33. The molecule has 3 aromatic rings. The number of carbonyl (C=O) groups is 2. The van der Waals surface area contributed by atoms with Crippen LogP contribution >= 0.6 is 11.6 Å². The van der Waals surface area contributed by atoms with Gasteiger partial charge in [0.15, 0.2) is 5.78 Å². The average Bonchev–Trinajstić information content (AvgIpc) is 3.02. The topological polar surface area (TPSA) is 98.1 Å². The quantitative estimate of drug-likeness (QED) is 0.611. The largest absolute Gasteiger partial charge is 0.331 e. The average molecular weight is 474 g/mol. The molecule has 0 spiro atoms. The van der Waals surface area contributed by atoms with Gasteiger partial charge in [0.05, 0.1) is 19.0 Å². The van der Waals surface area contributed by atoms with Crippen LogP contribution in [0.25, 0.3) is 16.5 Å². The molecule has 0 bridgehead atoms. The van der Waals surface area contributed by atoms with Gasteiger partial charge in [0, 0.05) is 45.2 Å². The van der Waals surface area contributed by atoms with E-state index in [-0.39, 0.29) is 41.1 Å². The van der Waals surface area contributed by atoms with E-state index in [0.717, 1.165) is 12.5 Å². The van der Waals surface area contributed by atoms with Gasteiger partial charge in [-0.15, -0.1) is 0 Å². The molecule has 2 heterocycles. The van der Waals surface area contributed by atoms with Crippen LogP contribution in [0.15, 0.2) is 54.9 Å². The summed E-state index contributed by atoms with van der Waals surface area (Å²) in [5.41, 5.74) is 1.12. The molecule has 0 saturated carbocycles. The summed E-state index contributed by atoms with van der Waals surface area (Å²) in [5, 5.41) is 0.834. The van der Waals surface area contributed by atoms with Crippen molar-refractivity contribution in [2.75, 3.05) is 6.26 Å². The smallest absolute Gasteiger partial charge is 0.282 e. The minimum absolute atomic E-state index is 0.0844. The standard InChI is InChI=1S/C22H17ClFN3O4S/c1-32(30,31)26-22(29)21-20(15-4-2-3-5-19(15)28)16-10-14(23)6-7-18(16)27(21)12-13-8-9-25-11-17(13)24/h2-4,6-11H,5,12H2,1H3,(H,26,29). The molecule has 0 radical (unpaired) electrons. The molecule has 1 N–H and O–H groups in total. The van der Waals surface area contributed by atoms with Crippen LogP contribution < -0.4 is 4.72 Å². The van der Waals surface area contributed by atoms with Crippen LogP contribution in [0, 0.1) is 5.82 Å². The van der Waals surface area contributed by atoms with Crippen molar-refractivity contribution in [1.82, 2.24) is 14.3 Å². The molecule has 1 aliphatic carbocycles. The highest BCUT2D eigenvalue weighted by atomic mass is 35.5. The molecule has 164 valence electrons. The Morgan fingerprint density at radius 1 is 1.31 bits per heavy atom. The van der Waals surface area contributed by atoms with Gasteiger partial charge in [-0.2, -0.15) is 0 Å². The normalized spacial score (nSPS) is 14.0. The number of nitrogens with zero attached hydrogens (tertiary/aromatic N) is 2. The number of pyridine rings is 1. The Bertz CT molecular complexity index is 1440. The first-order valence-electron chi connectivity index (χ1n) is 9.48. The highest BCUT2D eigenvalue weighted by Crippen LogP contribution is 2.36. The van der Waals surface area contributed by atoms with Gasteiger partial charge in [-0.05, 0) is 24.3 Å². The van der Waals surface area contributed by atoms with Crippen molar-refractivity contribution in [3.63, 3.8) is 0 Å². The Labute approximate surface area is 188 Å². The second-order valence-corrected chi connectivity index (χ2v) is 9.46. The van der Waals surface area contributed by atoms with Crippen molar-refractivity contribution in [2.24, 2.45) is 0 Å². The van der Waals surface area contributed by atoms with Crippen molar-refractivity contribution in [3.05, 3.63) is 82.5 Å². The molecule has 1 aliphatic rings. The van der Waals surface area contributed by atoms with Crippen LogP contribution in [0.3, 0.4) is 0 Å². The Balaban J connectivity index is 2.07. The summed E-state index contributed by atoms with van der Waals surface area (Å²) in [5.74, 6) is -1.77. The van der Waals surface area contributed by atoms with E-state index in [9.17, 15) is 22.4 Å². The summed E-state index contributed by atoms with van der Waals surface area (Å²) < 4.78 is 41.5. The highest BCUT2D eigenvalue weighted by Gasteiger charge is 2.29. The minimum atomic E-state index is -3.92. The Morgan fingerprint density at radius 2 is 2.09 bits per heavy atom. The van der Waals surface area contributed by atoms with Gasteiger partial charge < -0.3 is 4.57 Å². The van der Waals surface area contributed by atoms with Crippen LogP contribution in [0.2, 0.25) is 5.02 Å². The minimum Gasteiger partial charge on any atom is -0.331 e. The molecule has 10 heteroatoms. The lowest BCUT2D eigenvalue weighted by molar-refractivity contribution is -0.113. The zero-order valence-corrected chi connectivity index (χ0v) is 18.4. The number of ketones is 1. The maximum Gasteiger partial charge on any atom is 0.282 e. The number of rotatable bonds is 5. The summed E-state index contributed by atoms with van der Waals surface area (Å²) >= 11 is 6.21. The number of Topliss-reactive ketones (excluding diaryl/α,β-unsaturated/α-hetero) is 1. The Morgan fingerprint density at radius 3 is 2.78 bits per heavy atom. The van der Waals surface area contributed by atoms with E-state index in [1.54, 1.807) is 36.4 Å². The molecule has 0 unspecified atom stereocenters. The first-order chi connectivity index (χ1) is 15.2. The van der Waals surface area contributed by atoms with Crippen molar-refractivity contribution < 1.29 is 22.4 Å². The van der Waals surface area contributed by atoms with Crippen molar-refractivity contribution in [3.8, 4) is 0 Å². The van der Waals surface area contributed by atoms with Gasteiger partial charge in [-0.3, -0.25) is 14.6 Å². The van der Waals surface area contributed by atoms with E-state index in [4.69, 9.17) is 11.6 Å². The van der Waals surface area contributed by atoms with Crippen molar-refractivity contribution in [2.45, 2.75) is 13.0 Å². The van der Waals surface area contributed by atoms with Crippen molar-refractivity contribution >= 4 is 49.8 Å². The maximum atomic E-state index is 14.4. The molecule has 0 aliphatic heterocycles. The summed E-state index contributed by atoms with van der Waals surface area (Å²) in [7, 11) is -3.92. The molecule has 1 amide bonds. The number of nitrogens with one attached hydrogen (secondary N) is 1. The fraction of sp³-hybridized carbons (Fsp3) is 0.136. The second-order valence-electron chi connectivity index (χ2n) is 7.28. The van der Waals surface area contributed by atoms with Crippen LogP contribution in [-0.4, -0.2) is 35.9 Å². The number of fused-ring (bicyclic) bond motifs is 1. The number of sulfonamides is 1. The van der Waals surface area contributed by atoms with E-state index in [1.807, 2.05) is 4.72 Å². The van der Waals surface area contributed by atoms with E-state index >= 15 is 0 Å². The molecule has 7 nitrogen and oxygen atoms in total. The number of hydrogen-bond donors (Lipinski definition) is 1. The summed E-state index contributed by atoms with van der Waals surface area (Å²) in [6.45, 7) is -0.101. The van der Waals surface area contributed by atoms with Crippen LogP contribution in [0.1, 0.15) is 28.0 Å². The number of benzene rings is 1. The molecular formula is C22H17ClFN3O4S. The molecule has 0 saturated heterocycles. The predicted molar refractivity (Wildman–Crippen MR) is 119 cm³/mol. The van der Waals surface area contributed by atoms with Crippen LogP contribution in [0.5, 0.6) is 0 Å². The van der Waals surface area contributed by atoms with E-state index < -0.39 is 21.7 Å². The van der Waals surface area contributed by atoms with E-state index in [1.165, 1.54) is 16.8 Å². The third kappa shape index (κ3) is 4.21. The van der Waals surface area contributed by atoms with Gasteiger partial charge in [0.25, 0.3) is 5.91 Å². The molecule has 2 aromatic heterocycles. The zero-order chi connectivity index (χ0) is 23.0. The van der Waals surface area contributed by atoms with Crippen LogP contribution in [0.4, 0.5) is 4.39 Å². The lowest BCUT2D eigenvalue weighted by Crippen LogP contribution is -2.32. The number of aromatic nitrogens is 2. The van der Waals surface area contributed by atoms with Gasteiger partial charge in [-0.1, -0.05) is 29.8 Å². The molecule has 0 fully saturated rings. The summed E-state index contributed by atoms with van der Waals surface area (Å²) in [6.07, 6.45) is 8.38. The number of amides is 1. The number of halogens is 2. The summed E-state index contributed by atoms with van der Waals surface area (Å²) in [4.78, 5) is 29.6. The summed E-state index contributed by atoms with van der Waals surface area (Å²) in [6, 6.07) is 6.29. The lowest BCUT2D eigenvalue weighted by Gasteiger charge is -2.14. The Hall–Kier alpha value is -3.30. The van der Waals surface area contributed by atoms with Gasteiger partial charge in [0.1, 0.15) is 11.5 Å². The molecule has 0 atom stereocenters. The molecule has 4 rings (SSSR count). The van der Waals surface area contributed by atoms with Crippen molar-refractivity contribution in [1.29, 1.82) is 0 Å². The van der Waals surface area contributed by atoms with Crippen LogP contribution in [-0.2, 0) is 21.4 Å². The van der Waals surface area contributed by atoms with Gasteiger partial charge in [-0.25, -0.2) is 17.5 Å². The third-order valence-corrected chi connectivity index (χ3v) is 5.77. The van der Waals surface area contributed by atoms with Gasteiger partial charge >= 0.3 is 0 Å². The number of allylic oxidation sites excluding steroid dienone is 4. The fourth-order valence-corrected chi connectivity index (χ4v) is 4.29. The highest BCUT2D eigenvalue weighted by molar-refractivity contribution is 7.89. The number of hydrogen-bond acceptors (Lipinski definition) is 5. The third-order valence-electron chi connectivity index (χ3n) is 4.98. The molecule has 1 aromatic carbocycles. The first-order valence-corrected chi connectivity index (χ1v) is 11.8. The lowest BCUT2D eigenvalue weighted by atomic mass is 9.93. The van der Waals surface area contributed by atoms with E-state index in [0.29, 0.717) is 15.9 Å². The number of carbonyl (C=O) groups excluding carboxylic acids is 2. The molecule has 32 heavy (non-hydrogen) atoms. The van der Waals surface area contributed by atoms with Gasteiger partial charge in [0.2, 0.25) is 10.0 Å². The maximum absolute atomic E-state index is 14.4. The fourth-order valence-electron chi connectivity index (χ4n) is 3.68. The first kappa shape index (κ1) is 21.9. The zero-order valence-electron chi connectivity index (χ0n) is 16.8.